The van der Waals surface area contributed by atoms with Crippen molar-refractivity contribution < 1.29 is 13.1 Å². The van der Waals surface area contributed by atoms with Crippen LogP contribution in [-0.4, -0.2) is 14.3 Å². The molecule has 2 aromatic rings. The van der Waals surface area contributed by atoms with E-state index in [1.165, 1.54) is 12.1 Å². The first-order valence-corrected chi connectivity index (χ1v) is 7.35. The molecule has 0 fully saturated rings. The van der Waals surface area contributed by atoms with Crippen LogP contribution in [0.2, 0.25) is 5.02 Å². The van der Waals surface area contributed by atoms with E-state index < -0.39 is 21.9 Å². The molecule has 102 valence electrons. The lowest BCUT2D eigenvalue weighted by Crippen LogP contribution is -2.07. The molecular weight excluding hydrogens is 291 g/mol. The predicted molar refractivity (Wildman–Crippen MR) is 70.7 cm³/mol. The van der Waals surface area contributed by atoms with Crippen molar-refractivity contribution >= 4 is 22.4 Å². The maximum Gasteiger partial charge on any atom is 0.242 e. The molecule has 2 atom stereocenters. The average molecular weight is 303 g/mol. The van der Waals surface area contributed by atoms with Gasteiger partial charge in [0.05, 0.1) is 5.75 Å². The number of rotatable bonds is 4. The lowest BCUT2D eigenvalue weighted by Gasteiger charge is -2.09. The highest BCUT2D eigenvalue weighted by Gasteiger charge is 2.22. The van der Waals surface area contributed by atoms with Gasteiger partial charge in [-0.15, -0.1) is 0 Å². The molecule has 0 saturated heterocycles. The van der Waals surface area contributed by atoms with Gasteiger partial charge >= 0.3 is 0 Å². The van der Waals surface area contributed by atoms with Gasteiger partial charge in [0.25, 0.3) is 0 Å². The van der Waals surface area contributed by atoms with Gasteiger partial charge in [0, 0.05) is 21.4 Å². The molecule has 0 N–H and O–H groups in total. The number of nitrogens with zero attached hydrogens (tertiary/aromatic N) is 2. The standard InChI is InChI=1S/C12H12ClFN2O2S/c1-7(12-15-8(2)16-18-12)19(17)6-9-10(13)4-3-5-11(9)14/h3-5,7H,6H2,1-2H3/t7-,19-/m0/s1. The van der Waals surface area contributed by atoms with E-state index >= 15 is 0 Å². The highest BCUT2D eigenvalue weighted by Crippen LogP contribution is 2.25. The molecule has 2 rings (SSSR count). The van der Waals surface area contributed by atoms with E-state index in [4.69, 9.17) is 16.1 Å². The minimum absolute atomic E-state index is 0.00804. The Bertz CT molecular complexity index is 597. The van der Waals surface area contributed by atoms with E-state index in [0.29, 0.717) is 5.82 Å². The second-order valence-corrected chi connectivity index (χ2v) is 6.21. The van der Waals surface area contributed by atoms with Gasteiger partial charge in [0.2, 0.25) is 5.89 Å². The van der Waals surface area contributed by atoms with Crippen LogP contribution in [0.1, 0.15) is 29.5 Å². The minimum atomic E-state index is -1.39. The van der Waals surface area contributed by atoms with E-state index in [0.717, 1.165) is 0 Å². The van der Waals surface area contributed by atoms with Crippen LogP contribution in [-0.2, 0) is 16.6 Å². The third kappa shape index (κ3) is 3.19. The fourth-order valence-corrected chi connectivity index (χ4v) is 2.99. The topological polar surface area (TPSA) is 56.0 Å². The Morgan fingerprint density at radius 2 is 2.26 bits per heavy atom. The van der Waals surface area contributed by atoms with Crippen LogP contribution in [0.25, 0.3) is 0 Å². The van der Waals surface area contributed by atoms with Crippen molar-refractivity contribution in [1.29, 1.82) is 0 Å². The second-order valence-electron chi connectivity index (χ2n) is 4.05. The van der Waals surface area contributed by atoms with Crippen molar-refractivity contribution in [3.8, 4) is 0 Å². The lowest BCUT2D eigenvalue weighted by molar-refractivity contribution is 0.375. The summed E-state index contributed by atoms with van der Waals surface area (Å²) >= 11 is 5.90. The molecule has 1 heterocycles. The maximum atomic E-state index is 13.6. The van der Waals surface area contributed by atoms with Crippen molar-refractivity contribution in [3.63, 3.8) is 0 Å². The molecule has 1 aromatic heterocycles. The van der Waals surface area contributed by atoms with E-state index in [9.17, 15) is 8.60 Å². The molecule has 0 saturated carbocycles. The molecule has 7 heteroatoms. The molecular formula is C12H12ClFN2O2S. The first-order chi connectivity index (χ1) is 8.99. The summed E-state index contributed by atoms with van der Waals surface area (Å²) in [7, 11) is -1.39. The van der Waals surface area contributed by atoms with Crippen LogP contribution in [0.5, 0.6) is 0 Å². The third-order valence-electron chi connectivity index (χ3n) is 2.63. The number of halogens is 2. The summed E-state index contributed by atoms with van der Waals surface area (Å²) < 4.78 is 30.8. The first-order valence-electron chi connectivity index (χ1n) is 5.59. The Balaban J connectivity index is 2.17. The van der Waals surface area contributed by atoms with Crippen molar-refractivity contribution in [1.82, 2.24) is 10.1 Å². The summed E-state index contributed by atoms with van der Waals surface area (Å²) in [5.41, 5.74) is 0.241. The van der Waals surface area contributed by atoms with Gasteiger partial charge in [-0.1, -0.05) is 22.8 Å². The Morgan fingerprint density at radius 3 is 2.84 bits per heavy atom. The molecule has 0 spiro atoms. The predicted octanol–water partition coefficient (Wildman–Crippen LogP) is 3.18. The zero-order valence-corrected chi connectivity index (χ0v) is 12.0. The van der Waals surface area contributed by atoms with E-state index in [2.05, 4.69) is 10.1 Å². The molecule has 19 heavy (non-hydrogen) atoms. The minimum Gasteiger partial charge on any atom is -0.338 e. The van der Waals surface area contributed by atoms with Gasteiger partial charge in [0.1, 0.15) is 11.1 Å². The average Bonchev–Trinajstić information content (AvgIpc) is 2.79. The summed E-state index contributed by atoms with van der Waals surface area (Å²) in [4.78, 5) is 4.02. The monoisotopic (exact) mass is 302 g/mol. The fraction of sp³-hybridized carbons (Fsp3) is 0.333. The number of hydrogen-bond donors (Lipinski definition) is 0. The van der Waals surface area contributed by atoms with Crippen LogP contribution in [0.4, 0.5) is 4.39 Å². The SMILES string of the molecule is Cc1noc([C@H](C)[S@@](=O)Cc2c(F)cccc2Cl)n1. The largest absolute Gasteiger partial charge is 0.338 e. The van der Waals surface area contributed by atoms with Crippen LogP contribution >= 0.6 is 11.6 Å². The molecule has 0 aliphatic heterocycles. The van der Waals surface area contributed by atoms with Crippen molar-refractivity contribution in [2.24, 2.45) is 0 Å². The normalized spacial score (nSPS) is 14.3. The first kappa shape index (κ1) is 14.1. The smallest absolute Gasteiger partial charge is 0.242 e. The Hall–Kier alpha value is -1.27. The van der Waals surface area contributed by atoms with Crippen LogP contribution in [0.15, 0.2) is 22.7 Å². The zero-order chi connectivity index (χ0) is 14.0. The van der Waals surface area contributed by atoms with Crippen molar-refractivity contribution in [3.05, 3.63) is 46.3 Å². The zero-order valence-electron chi connectivity index (χ0n) is 10.4. The molecule has 0 bridgehead atoms. The lowest BCUT2D eigenvalue weighted by atomic mass is 10.2. The summed E-state index contributed by atoms with van der Waals surface area (Å²) in [5, 5.41) is 3.43. The van der Waals surface area contributed by atoms with E-state index in [-0.39, 0.29) is 22.2 Å². The maximum absolute atomic E-state index is 13.6. The van der Waals surface area contributed by atoms with E-state index in [1.54, 1.807) is 19.9 Å². The fourth-order valence-electron chi connectivity index (χ4n) is 1.53. The Labute approximate surface area is 117 Å². The van der Waals surface area contributed by atoms with Gasteiger partial charge in [0.15, 0.2) is 5.82 Å². The number of aromatic nitrogens is 2. The molecule has 0 aliphatic rings. The van der Waals surface area contributed by atoms with Crippen molar-refractivity contribution in [2.45, 2.75) is 24.9 Å². The number of benzene rings is 1. The molecule has 1 aromatic carbocycles. The van der Waals surface area contributed by atoms with Gasteiger partial charge in [-0.05, 0) is 26.0 Å². The quantitative estimate of drug-likeness (QED) is 0.870. The molecule has 0 amide bonds. The van der Waals surface area contributed by atoms with Gasteiger partial charge in [-0.25, -0.2) is 4.39 Å². The summed E-state index contributed by atoms with van der Waals surface area (Å²) in [5.74, 6) is 0.300. The third-order valence-corrected chi connectivity index (χ3v) is 4.55. The molecule has 4 nitrogen and oxygen atoms in total. The Kier molecular flexibility index (Phi) is 4.31. The van der Waals surface area contributed by atoms with Crippen LogP contribution in [0.3, 0.4) is 0 Å². The second kappa shape index (κ2) is 5.79. The number of hydrogen-bond acceptors (Lipinski definition) is 4. The van der Waals surface area contributed by atoms with Crippen LogP contribution < -0.4 is 0 Å². The molecule has 0 radical (unpaired) electrons. The highest BCUT2D eigenvalue weighted by atomic mass is 35.5. The summed E-state index contributed by atoms with van der Waals surface area (Å²) in [6, 6.07) is 4.37. The molecule has 0 aliphatic carbocycles. The van der Waals surface area contributed by atoms with Crippen molar-refractivity contribution in [2.75, 3.05) is 0 Å². The summed E-state index contributed by atoms with van der Waals surface area (Å²) in [6.07, 6.45) is 0. The summed E-state index contributed by atoms with van der Waals surface area (Å²) in [6.45, 7) is 3.37. The van der Waals surface area contributed by atoms with Gasteiger partial charge in [-0.2, -0.15) is 4.98 Å². The van der Waals surface area contributed by atoms with Gasteiger partial charge < -0.3 is 4.52 Å². The Morgan fingerprint density at radius 1 is 1.53 bits per heavy atom. The van der Waals surface area contributed by atoms with E-state index in [1.807, 2.05) is 0 Å². The number of aryl methyl sites for hydroxylation is 1. The molecule has 0 unspecified atom stereocenters. The highest BCUT2D eigenvalue weighted by molar-refractivity contribution is 7.84. The van der Waals surface area contributed by atoms with Crippen LogP contribution in [0, 0.1) is 12.7 Å². The van der Waals surface area contributed by atoms with Gasteiger partial charge in [-0.3, -0.25) is 4.21 Å².